The summed E-state index contributed by atoms with van der Waals surface area (Å²) in [5, 5.41) is 0. The number of nitrogens with two attached hydrogens (primary N) is 2. The predicted octanol–water partition coefficient (Wildman–Crippen LogP) is 2.07. The van der Waals surface area contributed by atoms with Gasteiger partial charge in [0, 0.05) is 5.41 Å². The van der Waals surface area contributed by atoms with Gasteiger partial charge in [-0.3, -0.25) is 0 Å². The van der Waals surface area contributed by atoms with E-state index in [9.17, 15) is 0 Å². The fourth-order valence-corrected chi connectivity index (χ4v) is 1.12. The third-order valence-electron chi connectivity index (χ3n) is 1.79. The first-order valence-corrected chi connectivity index (χ1v) is 4.03. The Bertz CT molecular complexity index is 333. The molecule has 1 heterocycles. The van der Waals surface area contributed by atoms with E-state index >= 15 is 0 Å². The van der Waals surface area contributed by atoms with Gasteiger partial charge in [0.1, 0.15) is 17.1 Å². The zero-order valence-corrected chi connectivity index (χ0v) is 8.22. The molecule has 0 unspecified atom stereocenters. The van der Waals surface area contributed by atoms with Gasteiger partial charge in [-0.25, -0.2) is 4.99 Å². The summed E-state index contributed by atoms with van der Waals surface area (Å²) < 4.78 is 5.38. The van der Waals surface area contributed by atoms with Crippen molar-refractivity contribution >= 4 is 24.0 Å². The molecule has 0 amide bonds. The van der Waals surface area contributed by atoms with Crippen molar-refractivity contribution in [3.63, 3.8) is 0 Å². The van der Waals surface area contributed by atoms with E-state index in [-0.39, 0.29) is 5.41 Å². The Morgan fingerprint density at radius 1 is 1.23 bits per heavy atom. The zero-order chi connectivity index (χ0) is 10.2. The fourth-order valence-electron chi connectivity index (χ4n) is 1.12. The number of furan rings is 1. The van der Waals surface area contributed by atoms with Crippen LogP contribution in [0, 0.1) is 0 Å². The molecular weight excluding hydrogens is 166 g/mol. The number of nitrogen functional groups attached to an aromatic ring is 2. The number of anilines is 2. The quantitative estimate of drug-likeness (QED) is 0.651. The first kappa shape index (κ1) is 9.64. The lowest BCUT2D eigenvalue weighted by Gasteiger charge is -2.15. The van der Waals surface area contributed by atoms with Crippen LogP contribution in [0.2, 0.25) is 0 Å². The van der Waals surface area contributed by atoms with Crippen LogP contribution in [0.15, 0.2) is 9.41 Å². The van der Waals surface area contributed by atoms with Crippen molar-refractivity contribution in [2.45, 2.75) is 26.2 Å². The maximum Gasteiger partial charge on any atom is 0.244 e. The predicted molar refractivity (Wildman–Crippen MR) is 55.4 cm³/mol. The molecule has 0 atom stereocenters. The minimum absolute atomic E-state index is 0.166. The van der Waals surface area contributed by atoms with E-state index in [0.717, 1.165) is 0 Å². The molecule has 0 bridgehead atoms. The molecule has 1 rings (SSSR count). The molecule has 0 aliphatic carbocycles. The van der Waals surface area contributed by atoms with Gasteiger partial charge in [-0.2, -0.15) is 0 Å². The first-order valence-electron chi connectivity index (χ1n) is 4.03. The fraction of sp³-hybridized carbons (Fsp3) is 0.444. The second-order valence-corrected chi connectivity index (χ2v) is 3.97. The lowest BCUT2D eigenvalue weighted by molar-refractivity contribution is 0.418. The normalized spacial score (nSPS) is 11.6. The van der Waals surface area contributed by atoms with Gasteiger partial charge in [0.2, 0.25) is 5.88 Å². The van der Waals surface area contributed by atoms with Crippen molar-refractivity contribution in [2.75, 3.05) is 11.5 Å². The second-order valence-electron chi connectivity index (χ2n) is 3.97. The van der Waals surface area contributed by atoms with Crippen molar-refractivity contribution in [1.29, 1.82) is 0 Å². The van der Waals surface area contributed by atoms with E-state index < -0.39 is 0 Å². The molecule has 0 saturated heterocycles. The number of hydrogen-bond donors (Lipinski definition) is 2. The van der Waals surface area contributed by atoms with Gasteiger partial charge in [-0.1, -0.05) is 20.8 Å². The van der Waals surface area contributed by atoms with Gasteiger partial charge < -0.3 is 15.9 Å². The molecule has 4 nitrogen and oxygen atoms in total. The number of rotatable bonds is 1. The smallest absolute Gasteiger partial charge is 0.244 e. The molecule has 72 valence electrons. The highest BCUT2D eigenvalue weighted by Crippen LogP contribution is 2.40. The van der Waals surface area contributed by atoms with E-state index in [4.69, 9.17) is 15.9 Å². The van der Waals surface area contributed by atoms with E-state index in [2.05, 4.69) is 11.7 Å². The average Bonchev–Trinajstić information content (AvgIpc) is 2.28. The monoisotopic (exact) mass is 181 g/mol. The highest BCUT2D eigenvalue weighted by molar-refractivity contribution is 5.77. The van der Waals surface area contributed by atoms with Crippen LogP contribution in [0.4, 0.5) is 17.3 Å². The molecule has 0 aliphatic heterocycles. The highest BCUT2D eigenvalue weighted by Gasteiger charge is 2.25. The van der Waals surface area contributed by atoms with Crippen molar-refractivity contribution in [1.82, 2.24) is 0 Å². The van der Waals surface area contributed by atoms with Crippen LogP contribution in [0.25, 0.3) is 0 Å². The standard InChI is InChI=1S/C9H15N3O/c1-9(2,3)7-5(10)6(11)8(12-4)13-7/h4,10-11H2,1-3H3. The summed E-state index contributed by atoms with van der Waals surface area (Å²) in [6.45, 7) is 9.33. The van der Waals surface area contributed by atoms with E-state index in [1.807, 2.05) is 20.8 Å². The topological polar surface area (TPSA) is 77.5 Å². The second kappa shape index (κ2) is 2.80. The SMILES string of the molecule is C=Nc1oc(C(C)(C)C)c(N)c1N. The summed E-state index contributed by atoms with van der Waals surface area (Å²) in [5.41, 5.74) is 12.1. The number of nitrogens with zero attached hydrogens (tertiary/aromatic N) is 1. The van der Waals surface area contributed by atoms with Crippen LogP contribution in [0.5, 0.6) is 0 Å². The molecule has 0 aromatic carbocycles. The minimum Gasteiger partial charge on any atom is -0.439 e. The third-order valence-corrected chi connectivity index (χ3v) is 1.79. The maximum absolute atomic E-state index is 5.76. The lowest BCUT2D eigenvalue weighted by atomic mass is 9.92. The molecule has 0 fully saturated rings. The Kier molecular flexibility index (Phi) is 2.07. The number of aliphatic imine (C=N–C) groups is 1. The van der Waals surface area contributed by atoms with Crippen LogP contribution in [-0.4, -0.2) is 6.72 Å². The number of hydrogen-bond acceptors (Lipinski definition) is 4. The molecule has 1 aromatic rings. The van der Waals surface area contributed by atoms with Crippen LogP contribution >= 0.6 is 0 Å². The Hall–Kier alpha value is -1.45. The molecule has 0 spiro atoms. The van der Waals surface area contributed by atoms with Gasteiger partial charge in [-0.05, 0) is 6.72 Å². The summed E-state index contributed by atoms with van der Waals surface area (Å²) in [6.07, 6.45) is 0. The highest BCUT2D eigenvalue weighted by atomic mass is 16.4. The van der Waals surface area contributed by atoms with E-state index in [0.29, 0.717) is 23.0 Å². The van der Waals surface area contributed by atoms with Gasteiger partial charge >= 0.3 is 0 Å². The summed E-state index contributed by atoms with van der Waals surface area (Å²) in [6, 6.07) is 0. The summed E-state index contributed by atoms with van der Waals surface area (Å²) in [4.78, 5) is 3.64. The molecule has 13 heavy (non-hydrogen) atoms. The molecule has 0 aliphatic rings. The van der Waals surface area contributed by atoms with E-state index in [1.54, 1.807) is 0 Å². The summed E-state index contributed by atoms with van der Waals surface area (Å²) in [5.74, 6) is 0.967. The van der Waals surface area contributed by atoms with Crippen LogP contribution in [0.1, 0.15) is 26.5 Å². The van der Waals surface area contributed by atoms with Crippen molar-refractivity contribution < 1.29 is 4.42 Å². The molecule has 0 saturated carbocycles. The Morgan fingerprint density at radius 2 is 1.77 bits per heavy atom. The average molecular weight is 181 g/mol. The molecule has 4 heteroatoms. The van der Waals surface area contributed by atoms with Gasteiger partial charge in [0.05, 0.1) is 0 Å². The molecule has 0 radical (unpaired) electrons. The van der Waals surface area contributed by atoms with Crippen molar-refractivity contribution in [2.24, 2.45) is 4.99 Å². The molecule has 4 N–H and O–H groups in total. The van der Waals surface area contributed by atoms with Crippen LogP contribution < -0.4 is 11.5 Å². The molecule has 1 aromatic heterocycles. The summed E-state index contributed by atoms with van der Waals surface area (Å²) in [7, 11) is 0. The van der Waals surface area contributed by atoms with E-state index in [1.165, 1.54) is 0 Å². The van der Waals surface area contributed by atoms with Crippen LogP contribution in [0.3, 0.4) is 0 Å². The Morgan fingerprint density at radius 3 is 2.00 bits per heavy atom. The van der Waals surface area contributed by atoms with Crippen molar-refractivity contribution in [3.8, 4) is 0 Å². The van der Waals surface area contributed by atoms with Crippen LogP contribution in [-0.2, 0) is 5.41 Å². The third kappa shape index (κ3) is 1.52. The Balaban J connectivity index is 3.33. The lowest BCUT2D eigenvalue weighted by Crippen LogP contribution is -2.12. The summed E-state index contributed by atoms with van der Waals surface area (Å²) >= 11 is 0. The largest absolute Gasteiger partial charge is 0.439 e. The van der Waals surface area contributed by atoms with Gasteiger partial charge in [0.25, 0.3) is 0 Å². The maximum atomic E-state index is 5.76. The zero-order valence-electron chi connectivity index (χ0n) is 8.22. The van der Waals surface area contributed by atoms with Crippen molar-refractivity contribution in [3.05, 3.63) is 5.76 Å². The minimum atomic E-state index is -0.166. The van der Waals surface area contributed by atoms with Gasteiger partial charge in [-0.15, -0.1) is 0 Å². The first-order chi connectivity index (χ1) is 5.88. The Labute approximate surface area is 77.6 Å². The van der Waals surface area contributed by atoms with Gasteiger partial charge in [0.15, 0.2) is 0 Å². The molecular formula is C9H15N3O.